The van der Waals surface area contributed by atoms with E-state index in [2.05, 4.69) is 13.8 Å². The molecular formula is C13H21ClN2O2. The molecule has 0 spiro atoms. The fourth-order valence-corrected chi connectivity index (χ4v) is 3.15. The van der Waals surface area contributed by atoms with Crippen LogP contribution >= 0.6 is 11.6 Å². The van der Waals surface area contributed by atoms with Crippen molar-refractivity contribution in [3.05, 3.63) is 0 Å². The Labute approximate surface area is 113 Å². The Balaban J connectivity index is 2.37. The summed E-state index contributed by atoms with van der Waals surface area (Å²) in [5, 5.41) is -0.548. The largest absolute Gasteiger partial charge is 0.319 e. The lowest BCUT2D eigenvalue weighted by Gasteiger charge is -2.54. The molecule has 2 aliphatic rings. The van der Waals surface area contributed by atoms with Crippen LogP contribution in [-0.4, -0.2) is 45.7 Å². The topological polar surface area (TPSA) is 40.6 Å². The maximum atomic E-state index is 12.3. The van der Waals surface area contributed by atoms with E-state index < -0.39 is 11.0 Å². The van der Waals surface area contributed by atoms with E-state index in [1.165, 1.54) is 0 Å². The maximum Gasteiger partial charge on any atom is 0.242 e. The zero-order valence-electron chi connectivity index (χ0n) is 11.5. The van der Waals surface area contributed by atoms with Crippen molar-refractivity contribution >= 4 is 23.4 Å². The van der Waals surface area contributed by atoms with Gasteiger partial charge in [-0.2, -0.15) is 0 Å². The predicted molar refractivity (Wildman–Crippen MR) is 70.2 cm³/mol. The summed E-state index contributed by atoms with van der Waals surface area (Å²) < 4.78 is 0. The van der Waals surface area contributed by atoms with Crippen LogP contribution in [0.15, 0.2) is 0 Å². The van der Waals surface area contributed by atoms with Gasteiger partial charge in [-0.1, -0.05) is 13.8 Å². The first-order chi connectivity index (χ1) is 8.17. The summed E-state index contributed by atoms with van der Waals surface area (Å²) >= 11 is 5.95. The first kappa shape index (κ1) is 13.7. The average molecular weight is 273 g/mol. The lowest BCUT2D eigenvalue weighted by molar-refractivity contribution is -0.164. The Hall–Kier alpha value is -0.770. The molecule has 2 aliphatic heterocycles. The van der Waals surface area contributed by atoms with Gasteiger partial charge in [0.2, 0.25) is 11.8 Å². The highest BCUT2D eigenvalue weighted by molar-refractivity contribution is 6.30. The van der Waals surface area contributed by atoms with E-state index in [-0.39, 0.29) is 17.2 Å². The predicted octanol–water partition coefficient (Wildman–Crippen LogP) is 1.82. The summed E-state index contributed by atoms with van der Waals surface area (Å²) in [4.78, 5) is 28.0. The summed E-state index contributed by atoms with van der Waals surface area (Å²) in [5.41, 5.74) is -0.562. The Morgan fingerprint density at radius 2 is 1.94 bits per heavy atom. The van der Waals surface area contributed by atoms with Crippen molar-refractivity contribution in [2.45, 2.75) is 51.6 Å². The van der Waals surface area contributed by atoms with Gasteiger partial charge in [0.05, 0.1) is 0 Å². The lowest BCUT2D eigenvalue weighted by atomic mass is 9.86. The number of hydrogen-bond donors (Lipinski definition) is 0. The molecule has 102 valence electrons. The molecule has 0 aliphatic carbocycles. The second-order valence-electron chi connectivity index (χ2n) is 6.40. The molecule has 0 aromatic rings. The van der Waals surface area contributed by atoms with Gasteiger partial charge < -0.3 is 9.80 Å². The van der Waals surface area contributed by atoms with Crippen molar-refractivity contribution in [2.75, 3.05) is 13.1 Å². The molecule has 2 heterocycles. The number of carbonyl (C=O) groups excluding carboxylic acids is 2. The number of rotatable bonds is 1. The minimum atomic E-state index is -0.548. The molecule has 5 heteroatoms. The SMILES string of the molecule is CC(Cl)C(=O)N1CC(C)(C)CN2C(=O)CCC21C. The zero-order chi connectivity index (χ0) is 13.7. The molecule has 2 atom stereocenters. The summed E-state index contributed by atoms with van der Waals surface area (Å²) in [6, 6.07) is 0. The summed E-state index contributed by atoms with van der Waals surface area (Å²) in [6.07, 6.45) is 1.23. The molecule has 0 aromatic carbocycles. The standard InChI is InChI=1S/C13H21ClN2O2/c1-9(14)11(18)16-8-12(2,3)7-15-10(17)5-6-13(15,16)4/h9H,5-8H2,1-4H3. The molecule has 0 saturated carbocycles. The van der Waals surface area contributed by atoms with Gasteiger partial charge >= 0.3 is 0 Å². The molecule has 2 unspecified atom stereocenters. The first-order valence-corrected chi connectivity index (χ1v) is 6.87. The monoisotopic (exact) mass is 272 g/mol. The van der Waals surface area contributed by atoms with Crippen LogP contribution in [0.4, 0.5) is 0 Å². The Morgan fingerprint density at radius 3 is 2.50 bits per heavy atom. The fraction of sp³-hybridized carbons (Fsp3) is 0.846. The van der Waals surface area contributed by atoms with E-state index in [0.29, 0.717) is 25.9 Å². The third-order valence-electron chi connectivity index (χ3n) is 4.06. The zero-order valence-corrected chi connectivity index (χ0v) is 12.3. The van der Waals surface area contributed by atoms with Gasteiger partial charge in [-0.05, 0) is 20.3 Å². The number of halogens is 1. The van der Waals surface area contributed by atoms with Crippen molar-refractivity contribution in [1.82, 2.24) is 9.80 Å². The van der Waals surface area contributed by atoms with E-state index in [4.69, 9.17) is 11.6 Å². The smallest absolute Gasteiger partial charge is 0.242 e. The van der Waals surface area contributed by atoms with Crippen LogP contribution in [0.1, 0.15) is 40.5 Å². The number of nitrogens with zero attached hydrogens (tertiary/aromatic N) is 2. The van der Waals surface area contributed by atoms with E-state index in [0.717, 1.165) is 0 Å². The van der Waals surface area contributed by atoms with Crippen LogP contribution < -0.4 is 0 Å². The molecule has 0 aromatic heterocycles. The fourth-order valence-electron chi connectivity index (χ4n) is 3.03. The highest BCUT2D eigenvalue weighted by Gasteiger charge is 2.54. The highest BCUT2D eigenvalue weighted by Crippen LogP contribution is 2.42. The Bertz CT molecular complexity index is 394. The molecule has 18 heavy (non-hydrogen) atoms. The minimum absolute atomic E-state index is 0.0772. The number of fused-ring (bicyclic) bond motifs is 1. The molecule has 2 fully saturated rings. The summed E-state index contributed by atoms with van der Waals surface area (Å²) in [6.45, 7) is 9.20. The lowest BCUT2D eigenvalue weighted by Crippen LogP contribution is -2.67. The average Bonchev–Trinajstić information content (AvgIpc) is 2.54. The highest BCUT2D eigenvalue weighted by atomic mass is 35.5. The van der Waals surface area contributed by atoms with Gasteiger partial charge in [-0.3, -0.25) is 9.59 Å². The Kier molecular flexibility index (Phi) is 3.13. The van der Waals surface area contributed by atoms with Crippen molar-refractivity contribution in [2.24, 2.45) is 5.41 Å². The Morgan fingerprint density at radius 1 is 1.33 bits per heavy atom. The number of carbonyl (C=O) groups is 2. The van der Waals surface area contributed by atoms with Crippen LogP contribution in [0.2, 0.25) is 0 Å². The molecule has 0 radical (unpaired) electrons. The number of hydrogen-bond acceptors (Lipinski definition) is 2. The van der Waals surface area contributed by atoms with Crippen molar-refractivity contribution in [1.29, 1.82) is 0 Å². The molecular weight excluding hydrogens is 252 g/mol. The normalized spacial score (nSPS) is 32.4. The van der Waals surface area contributed by atoms with Gasteiger partial charge in [-0.25, -0.2) is 0 Å². The van der Waals surface area contributed by atoms with Gasteiger partial charge in [0.15, 0.2) is 0 Å². The summed E-state index contributed by atoms with van der Waals surface area (Å²) in [7, 11) is 0. The van der Waals surface area contributed by atoms with E-state index in [9.17, 15) is 9.59 Å². The molecule has 0 N–H and O–H groups in total. The van der Waals surface area contributed by atoms with E-state index >= 15 is 0 Å². The third-order valence-corrected chi connectivity index (χ3v) is 4.24. The molecule has 2 amide bonds. The van der Waals surface area contributed by atoms with Crippen LogP contribution in [0.25, 0.3) is 0 Å². The molecule has 4 nitrogen and oxygen atoms in total. The van der Waals surface area contributed by atoms with E-state index in [1.807, 2.05) is 11.8 Å². The molecule has 0 bridgehead atoms. The van der Waals surface area contributed by atoms with Crippen molar-refractivity contribution in [3.63, 3.8) is 0 Å². The number of amides is 2. The molecule has 2 saturated heterocycles. The van der Waals surface area contributed by atoms with Crippen LogP contribution in [0.5, 0.6) is 0 Å². The van der Waals surface area contributed by atoms with Crippen LogP contribution in [0, 0.1) is 5.41 Å². The minimum Gasteiger partial charge on any atom is -0.319 e. The van der Waals surface area contributed by atoms with Gasteiger partial charge in [-0.15, -0.1) is 11.6 Å². The van der Waals surface area contributed by atoms with E-state index in [1.54, 1.807) is 11.8 Å². The first-order valence-electron chi connectivity index (χ1n) is 6.43. The van der Waals surface area contributed by atoms with Crippen molar-refractivity contribution in [3.8, 4) is 0 Å². The second-order valence-corrected chi connectivity index (χ2v) is 7.06. The maximum absolute atomic E-state index is 12.3. The third kappa shape index (κ3) is 2.00. The van der Waals surface area contributed by atoms with Gasteiger partial charge in [0.1, 0.15) is 11.0 Å². The summed E-state index contributed by atoms with van der Waals surface area (Å²) in [5.74, 6) is 0.0666. The van der Waals surface area contributed by atoms with Crippen LogP contribution in [-0.2, 0) is 9.59 Å². The number of alkyl halides is 1. The van der Waals surface area contributed by atoms with Crippen LogP contribution in [0.3, 0.4) is 0 Å². The van der Waals surface area contributed by atoms with Crippen molar-refractivity contribution < 1.29 is 9.59 Å². The van der Waals surface area contributed by atoms with Gasteiger partial charge in [0.25, 0.3) is 0 Å². The second kappa shape index (κ2) is 4.12. The molecule has 2 rings (SSSR count). The van der Waals surface area contributed by atoms with Gasteiger partial charge in [0, 0.05) is 24.9 Å². The quantitative estimate of drug-likeness (QED) is 0.683.